The van der Waals surface area contributed by atoms with Crippen LogP contribution in [0.15, 0.2) is 168 Å². The third kappa shape index (κ3) is 5.17. The molecule has 1 atom stereocenters. The Balaban J connectivity index is 1.13. The standard InChI is InChI=1S/C50H42N2O/c1-34(2)43-32-44-42-20-12-13-21-48(42)53-49(44)33-47(43)52(39-18-10-5-11-19-39)41-25-23-36-27-29-50(46(36)31-41)28-26-35-22-24-40(30-45(35)50)51(37-14-6-3-7-15-37)38-16-8-4-9-17-38/h3-25,30-34H,26-29H2,1-2H3/t50-/m1/s1. The summed E-state index contributed by atoms with van der Waals surface area (Å²) in [5.74, 6) is 0.312. The topological polar surface area (TPSA) is 19.6 Å². The van der Waals surface area contributed by atoms with E-state index in [2.05, 4.69) is 187 Å². The lowest BCUT2D eigenvalue weighted by atomic mass is 9.76. The molecule has 0 amide bonds. The highest BCUT2D eigenvalue weighted by molar-refractivity contribution is 6.07. The predicted octanol–water partition coefficient (Wildman–Crippen LogP) is 13.8. The van der Waals surface area contributed by atoms with Gasteiger partial charge in [-0.15, -0.1) is 0 Å². The van der Waals surface area contributed by atoms with E-state index in [1.807, 2.05) is 0 Å². The number of para-hydroxylation sites is 4. The summed E-state index contributed by atoms with van der Waals surface area (Å²) in [7, 11) is 0. The van der Waals surface area contributed by atoms with Crippen molar-refractivity contribution in [3.05, 3.63) is 192 Å². The van der Waals surface area contributed by atoms with Crippen LogP contribution in [0.5, 0.6) is 0 Å². The lowest BCUT2D eigenvalue weighted by Gasteiger charge is -2.32. The van der Waals surface area contributed by atoms with Crippen molar-refractivity contribution in [3.63, 3.8) is 0 Å². The molecule has 0 N–H and O–H groups in total. The van der Waals surface area contributed by atoms with Gasteiger partial charge in [-0.2, -0.15) is 0 Å². The number of furan rings is 1. The van der Waals surface area contributed by atoms with E-state index < -0.39 is 0 Å². The summed E-state index contributed by atoms with van der Waals surface area (Å²) in [4.78, 5) is 4.87. The minimum atomic E-state index is -0.0261. The Kier molecular flexibility index (Phi) is 7.50. The highest BCUT2D eigenvalue weighted by Crippen LogP contribution is 2.55. The zero-order valence-corrected chi connectivity index (χ0v) is 30.3. The Morgan fingerprint density at radius 1 is 0.472 bits per heavy atom. The van der Waals surface area contributed by atoms with E-state index >= 15 is 0 Å². The van der Waals surface area contributed by atoms with Gasteiger partial charge in [-0.25, -0.2) is 0 Å². The van der Waals surface area contributed by atoms with E-state index in [0.29, 0.717) is 5.92 Å². The first kappa shape index (κ1) is 31.7. The first-order chi connectivity index (χ1) is 26.1. The Bertz CT molecular complexity index is 2560. The summed E-state index contributed by atoms with van der Waals surface area (Å²) < 4.78 is 6.50. The molecule has 53 heavy (non-hydrogen) atoms. The van der Waals surface area contributed by atoms with Crippen LogP contribution in [0.4, 0.5) is 34.1 Å². The largest absolute Gasteiger partial charge is 0.456 e. The summed E-state index contributed by atoms with van der Waals surface area (Å²) in [5, 5.41) is 2.34. The highest BCUT2D eigenvalue weighted by atomic mass is 16.3. The molecule has 2 aliphatic carbocycles. The molecule has 8 aromatic rings. The molecular weight excluding hydrogens is 645 g/mol. The summed E-state index contributed by atoms with van der Waals surface area (Å²) in [6, 6.07) is 59.9. The van der Waals surface area contributed by atoms with Gasteiger partial charge >= 0.3 is 0 Å². The molecule has 3 nitrogen and oxygen atoms in total. The van der Waals surface area contributed by atoms with Gasteiger partial charge in [0.1, 0.15) is 11.2 Å². The van der Waals surface area contributed by atoms with E-state index in [9.17, 15) is 0 Å². The summed E-state index contributed by atoms with van der Waals surface area (Å²) in [6.07, 6.45) is 4.45. The minimum absolute atomic E-state index is 0.0261. The monoisotopic (exact) mass is 686 g/mol. The van der Waals surface area contributed by atoms with E-state index in [4.69, 9.17) is 4.42 Å². The minimum Gasteiger partial charge on any atom is -0.456 e. The molecule has 3 heteroatoms. The Morgan fingerprint density at radius 3 is 1.55 bits per heavy atom. The number of nitrogens with zero attached hydrogens (tertiary/aromatic N) is 2. The van der Waals surface area contributed by atoms with Crippen molar-refractivity contribution in [1.82, 2.24) is 0 Å². The molecular formula is C50H42N2O. The molecule has 0 radical (unpaired) electrons. The van der Waals surface area contributed by atoms with Gasteiger partial charge < -0.3 is 14.2 Å². The maximum atomic E-state index is 6.50. The average molecular weight is 687 g/mol. The molecule has 0 aliphatic heterocycles. The summed E-state index contributed by atoms with van der Waals surface area (Å²) in [6.45, 7) is 4.60. The quantitative estimate of drug-likeness (QED) is 0.166. The van der Waals surface area contributed by atoms with Gasteiger partial charge in [0.15, 0.2) is 0 Å². The number of hydrogen-bond donors (Lipinski definition) is 0. The molecule has 1 heterocycles. The number of hydrogen-bond acceptors (Lipinski definition) is 3. The SMILES string of the molecule is CC(C)c1cc2c(cc1N(c1ccccc1)c1ccc3c(c1)[C@]1(CCc4ccc(N(c5ccccc5)c5ccccc5)cc41)CC3)oc1ccccc12. The predicted molar refractivity (Wildman–Crippen MR) is 221 cm³/mol. The second-order valence-electron chi connectivity index (χ2n) is 15.1. The summed E-state index contributed by atoms with van der Waals surface area (Å²) in [5.41, 5.74) is 16.1. The fourth-order valence-electron chi connectivity index (χ4n) is 9.28. The molecule has 0 unspecified atom stereocenters. The van der Waals surface area contributed by atoms with E-state index in [0.717, 1.165) is 42.5 Å². The number of rotatable bonds is 7. The highest BCUT2D eigenvalue weighted by Gasteiger charge is 2.45. The number of benzene rings is 7. The van der Waals surface area contributed by atoms with Crippen molar-refractivity contribution in [2.24, 2.45) is 0 Å². The van der Waals surface area contributed by atoms with Crippen LogP contribution < -0.4 is 9.80 Å². The van der Waals surface area contributed by atoms with Crippen LogP contribution in [0.25, 0.3) is 21.9 Å². The van der Waals surface area contributed by atoms with Crippen molar-refractivity contribution in [2.45, 2.75) is 50.9 Å². The van der Waals surface area contributed by atoms with Gasteiger partial charge in [-0.1, -0.05) is 98.8 Å². The molecule has 258 valence electrons. The molecule has 0 bridgehead atoms. The number of aryl methyl sites for hydroxylation is 2. The zero-order chi connectivity index (χ0) is 35.5. The van der Waals surface area contributed by atoms with E-state index in [1.165, 1.54) is 67.0 Å². The van der Waals surface area contributed by atoms with Gasteiger partial charge in [0, 0.05) is 50.7 Å². The Hall–Kier alpha value is -6.06. The summed E-state index contributed by atoms with van der Waals surface area (Å²) >= 11 is 0. The third-order valence-corrected chi connectivity index (χ3v) is 11.8. The van der Waals surface area contributed by atoms with Crippen molar-refractivity contribution < 1.29 is 4.42 Å². The maximum absolute atomic E-state index is 6.50. The van der Waals surface area contributed by atoms with Crippen LogP contribution >= 0.6 is 0 Å². The normalized spacial score (nSPS) is 16.1. The van der Waals surface area contributed by atoms with Crippen LogP contribution in [0.2, 0.25) is 0 Å². The Morgan fingerprint density at radius 2 is 0.981 bits per heavy atom. The maximum Gasteiger partial charge on any atom is 0.137 e. The second kappa shape index (κ2) is 12.6. The Labute approximate surface area is 311 Å². The van der Waals surface area contributed by atoms with Crippen molar-refractivity contribution in [2.75, 3.05) is 9.80 Å². The first-order valence-electron chi connectivity index (χ1n) is 19.0. The van der Waals surface area contributed by atoms with Gasteiger partial charge in [-0.3, -0.25) is 0 Å². The lowest BCUT2D eigenvalue weighted by molar-refractivity contribution is 0.507. The van der Waals surface area contributed by atoms with Crippen molar-refractivity contribution in [1.29, 1.82) is 0 Å². The molecule has 0 saturated heterocycles. The third-order valence-electron chi connectivity index (χ3n) is 11.8. The smallest absolute Gasteiger partial charge is 0.137 e. The molecule has 10 rings (SSSR count). The van der Waals surface area contributed by atoms with Crippen LogP contribution in [0.1, 0.15) is 60.4 Å². The van der Waals surface area contributed by atoms with Crippen LogP contribution in [-0.4, -0.2) is 0 Å². The zero-order valence-electron chi connectivity index (χ0n) is 30.3. The molecule has 1 aromatic heterocycles. The molecule has 2 aliphatic rings. The van der Waals surface area contributed by atoms with Gasteiger partial charge in [0.25, 0.3) is 0 Å². The van der Waals surface area contributed by atoms with E-state index in [1.54, 1.807) is 0 Å². The van der Waals surface area contributed by atoms with Gasteiger partial charge in [-0.05, 0) is 132 Å². The van der Waals surface area contributed by atoms with E-state index in [-0.39, 0.29) is 5.41 Å². The van der Waals surface area contributed by atoms with Crippen LogP contribution in [0, 0.1) is 0 Å². The van der Waals surface area contributed by atoms with Crippen LogP contribution in [-0.2, 0) is 18.3 Å². The lowest BCUT2D eigenvalue weighted by Crippen LogP contribution is -2.22. The fourth-order valence-corrected chi connectivity index (χ4v) is 9.28. The van der Waals surface area contributed by atoms with Crippen LogP contribution in [0.3, 0.4) is 0 Å². The van der Waals surface area contributed by atoms with Crippen molar-refractivity contribution in [3.8, 4) is 0 Å². The van der Waals surface area contributed by atoms with Gasteiger partial charge in [0.05, 0.1) is 5.69 Å². The second-order valence-corrected chi connectivity index (χ2v) is 15.1. The van der Waals surface area contributed by atoms with Gasteiger partial charge in [0.2, 0.25) is 0 Å². The molecule has 0 saturated carbocycles. The van der Waals surface area contributed by atoms with Crippen molar-refractivity contribution >= 4 is 56.1 Å². The molecule has 0 fully saturated rings. The number of anilines is 6. The first-order valence-corrected chi connectivity index (χ1v) is 19.0. The fraction of sp³-hybridized carbons (Fsp3) is 0.160. The number of fused-ring (bicyclic) bond motifs is 7. The molecule has 1 spiro atoms. The average Bonchev–Trinajstić information content (AvgIpc) is 3.89. The molecule has 7 aromatic carbocycles.